The van der Waals surface area contributed by atoms with Crippen LogP contribution in [0.5, 0.6) is 5.75 Å². The molecule has 1 fully saturated rings. The number of nitrogens with zero attached hydrogens (tertiary/aromatic N) is 3. The van der Waals surface area contributed by atoms with Crippen LogP contribution in [-0.2, 0) is 11.2 Å². The second-order valence-electron chi connectivity index (χ2n) is 7.95. The van der Waals surface area contributed by atoms with Gasteiger partial charge in [-0.2, -0.15) is 0 Å². The minimum absolute atomic E-state index is 0.0341. The van der Waals surface area contributed by atoms with Gasteiger partial charge in [-0.15, -0.1) is 0 Å². The molecule has 5 rings (SSSR count). The number of benzene rings is 2. The van der Waals surface area contributed by atoms with Crippen molar-refractivity contribution in [2.45, 2.75) is 12.5 Å². The first-order valence-corrected chi connectivity index (χ1v) is 10.8. The van der Waals surface area contributed by atoms with Crippen LogP contribution < -0.4 is 15.0 Å². The van der Waals surface area contributed by atoms with Crippen LogP contribution in [-0.4, -0.2) is 34.7 Å². The zero-order valence-electron chi connectivity index (χ0n) is 17.9. The fourth-order valence-electron chi connectivity index (χ4n) is 3.90. The average Bonchev–Trinajstić information content (AvgIpc) is 3.33. The molecule has 0 unspecified atom stereocenters. The lowest BCUT2D eigenvalue weighted by molar-refractivity contribution is -0.115. The molecule has 0 radical (unpaired) electrons. The topological polar surface area (TPSA) is 59.4 Å². The van der Waals surface area contributed by atoms with Crippen molar-refractivity contribution in [3.05, 3.63) is 103 Å². The Bertz CT molecular complexity index is 1240. The first kappa shape index (κ1) is 20.8. The normalized spacial score (nSPS) is 13.4. The predicted molar refractivity (Wildman–Crippen MR) is 125 cm³/mol. The molecule has 0 saturated carbocycles. The largest absolute Gasteiger partial charge is 0.487 e. The number of ether oxygens (including phenoxy) is 1. The number of anilines is 2. The summed E-state index contributed by atoms with van der Waals surface area (Å²) in [4.78, 5) is 18.4. The monoisotopic (exact) mass is 442 g/mol. The van der Waals surface area contributed by atoms with Gasteiger partial charge in [-0.05, 0) is 48.0 Å². The minimum atomic E-state index is -0.527. The van der Waals surface area contributed by atoms with Crippen LogP contribution >= 0.6 is 0 Å². The van der Waals surface area contributed by atoms with E-state index in [-0.39, 0.29) is 24.1 Å². The van der Waals surface area contributed by atoms with E-state index >= 15 is 0 Å². The third-order valence-corrected chi connectivity index (χ3v) is 5.56. The van der Waals surface area contributed by atoms with E-state index in [2.05, 4.69) is 31.9 Å². The second kappa shape index (κ2) is 9.16. The Kier molecular flexibility index (Phi) is 5.76. The van der Waals surface area contributed by atoms with Gasteiger partial charge in [0.25, 0.3) is 0 Å². The van der Waals surface area contributed by atoms with Gasteiger partial charge in [-0.3, -0.25) is 9.78 Å². The summed E-state index contributed by atoms with van der Waals surface area (Å²) in [7, 11) is 0. The molecule has 1 N–H and O–H groups in total. The standard InChI is InChI=1S/C26H23FN4O2/c27-22-15-20(9-10-23(22)29-26(32)14-19-6-5-11-28-16-19)33-21-17-31(18-21)25-8-2-1-7-24(25)30-12-3-4-13-30/h1-13,15-16,21H,14,17-18H2,(H,29,32). The van der Waals surface area contributed by atoms with Gasteiger partial charge in [0.05, 0.1) is 36.6 Å². The zero-order valence-corrected chi connectivity index (χ0v) is 17.9. The Balaban J connectivity index is 1.18. The van der Waals surface area contributed by atoms with E-state index in [1.54, 1.807) is 30.6 Å². The lowest BCUT2D eigenvalue weighted by Crippen LogP contribution is -2.54. The number of halogens is 1. The lowest BCUT2D eigenvalue weighted by atomic mass is 10.1. The Morgan fingerprint density at radius 2 is 1.82 bits per heavy atom. The van der Waals surface area contributed by atoms with E-state index in [4.69, 9.17) is 4.74 Å². The van der Waals surface area contributed by atoms with Gasteiger partial charge in [0.1, 0.15) is 17.7 Å². The summed E-state index contributed by atoms with van der Waals surface area (Å²) in [6.45, 7) is 1.42. The number of para-hydroxylation sites is 2. The van der Waals surface area contributed by atoms with E-state index in [1.807, 2.05) is 36.7 Å². The molecule has 1 saturated heterocycles. The fourth-order valence-corrected chi connectivity index (χ4v) is 3.90. The summed E-state index contributed by atoms with van der Waals surface area (Å²) in [5.41, 5.74) is 3.14. The molecule has 3 heterocycles. The molecular formula is C26H23FN4O2. The highest BCUT2D eigenvalue weighted by Gasteiger charge is 2.30. The summed E-state index contributed by atoms with van der Waals surface area (Å²) in [5.74, 6) is -0.381. The van der Waals surface area contributed by atoms with Crippen molar-refractivity contribution in [2.24, 2.45) is 0 Å². The van der Waals surface area contributed by atoms with Crippen molar-refractivity contribution in [3.8, 4) is 11.4 Å². The second-order valence-corrected chi connectivity index (χ2v) is 7.95. The van der Waals surface area contributed by atoms with Crippen LogP contribution in [0.1, 0.15) is 5.56 Å². The van der Waals surface area contributed by atoms with E-state index in [0.717, 1.165) is 16.9 Å². The highest BCUT2D eigenvalue weighted by Crippen LogP contribution is 2.30. The Morgan fingerprint density at radius 1 is 1.03 bits per heavy atom. The molecule has 33 heavy (non-hydrogen) atoms. The molecule has 0 aliphatic carbocycles. The fraction of sp³-hybridized carbons (Fsp3) is 0.154. The molecule has 1 aliphatic rings. The molecule has 0 spiro atoms. The van der Waals surface area contributed by atoms with Gasteiger partial charge in [-0.1, -0.05) is 18.2 Å². The van der Waals surface area contributed by atoms with E-state index in [1.165, 1.54) is 12.1 Å². The highest BCUT2D eigenvalue weighted by atomic mass is 19.1. The smallest absolute Gasteiger partial charge is 0.228 e. The van der Waals surface area contributed by atoms with E-state index in [9.17, 15) is 9.18 Å². The Morgan fingerprint density at radius 3 is 2.55 bits per heavy atom. The van der Waals surface area contributed by atoms with Crippen LogP contribution in [0.3, 0.4) is 0 Å². The van der Waals surface area contributed by atoms with Crippen molar-refractivity contribution in [3.63, 3.8) is 0 Å². The maximum atomic E-state index is 14.6. The Hall–Kier alpha value is -4.13. The third-order valence-electron chi connectivity index (χ3n) is 5.56. The maximum Gasteiger partial charge on any atom is 0.228 e. The molecule has 0 atom stereocenters. The Labute approximate surface area is 191 Å². The maximum absolute atomic E-state index is 14.6. The van der Waals surface area contributed by atoms with Crippen molar-refractivity contribution in [1.29, 1.82) is 0 Å². The third kappa shape index (κ3) is 4.72. The van der Waals surface area contributed by atoms with Gasteiger partial charge < -0.3 is 19.5 Å². The molecule has 1 aliphatic heterocycles. The summed E-state index contributed by atoms with van der Waals surface area (Å²) >= 11 is 0. The summed E-state index contributed by atoms with van der Waals surface area (Å²) in [6, 6.07) is 20.3. The first-order valence-electron chi connectivity index (χ1n) is 10.8. The molecule has 6 nitrogen and oxygen atoms in total. The molecule has 1 amide bonds. The van der Waals surface area contributed by atoms with Crippen molar-refractivity contribution in [2.75, 3.05) is 23.3 Å². The minimum Gasteiger partial charge on any atom is -0.487 e. The quantitative estimate of drug-likeness (QED) is 0.459. The van der Waals surface area contributed by atoms with Crippen molar-refractivity contribution >= 4 is 17.3 Å². The van der Waals surface area contributed by atoms with Gasteiger partial charge in [0, 0.05) is 30.9 Å². The molecule has 7 heteroatoms. The lowest BCUT2D eigenvalue weighted by Gasteiger charge is -2.41. The van der Waals surface area contributed by atoms with Crippen LogP contribution in [0.2, 0.25) is 0 Å². The number of hydrogen-bond donors (Lipinski definition) is 1. The summed E-state index contributed by atoms with van der Waals surface area (Å²) in [5, 5.41) is 2.61. The molecule has 166 valence electrons. The van der Waals surface area contributed by atoms with E-state index < -0.39 is 5.82 Å². The van der Waals surface area contributed by atoms with Gasteiger partial charge in [0.15, 0.2) is 0 Å². The van der Waals surface area contributed by atoms with E-state index in [0.29, 0.717) is 18.8 Å². The number of amides is 1. The number of aromatic nitrogens is 2. The highest BCUT2D eigenvalue weighted by molar-refractivity contribution is 5.92. The van der Waals surface area contributed by atoms with Gasteiger partial charge in [0.2, 0.25) is 5.91 Å². The average molecular weight is 442 g/mol. The molecule has 2 aromatic carbocycles. The van der Waals surface area contributed by atoms with Crippen LogP contribution in [0, 0.1) is 5.82 Å². The number of pyridine rings is 1. The van der Waals surface area contributed by atoms with Crippen molar-refractivity contribution in [1.82, 2.24) is 9.55 Å². The predicted octanol–water partition coefficient (Wildman–Crippen LogP) is 4.46. The van der Waals surface area contributed by atoms with Crippen LogP contribution in [0.15, 0.2) is 91.5 Å². The van der Waals surface area contributed by atoms with Crippen molar-refractivity contribution < 1.29 is 13.9 Å². The molecule has 4 aromatic rings. The zero-order chi connectivity index (χ0) is 22.6. The molecule has 2 aromatic heterocycles. The SMILES string of the molecule is O=C(Cc1cccnc1)Nc1ccc(OC2CN(c3ccccc3-n3cccc3)C2)cc1F. The molecule has 0 bridgehead atoms. The van der Waals surface area contributed by atoms with Gasteiger partial charge >= 0.3 is 0 Å². The van der Waals surface area contributed by atoms with Gasteiger partial charge in [-0.25, -0.2) is 4.39 Å². The van der Waals surface area contributed by atoms with Crippen LogP contribution in [0.4, 0.5) is 15.8 Å². The first-order chi connectivity index (χ1) is 16.2. The molecular weight excluding hydrogens is 419 g/mol. The summed E-state index contributed by atoms with van der Waals surface area (Å²) < 4.78 is 22.6. The van der Waals surface area contributed by atoms with Crippen LogP contribution in [0.25, 0.3) is 5.69 Å². The number of rotatable bonds is 7. The number of carbonyl (C=O) groups is 1. The number of hydrogen-bond acceptors (Lipinski definition) is 4. The summed E-state index contributed by atoms with van der Waals surface area (Å²) in [6.07, 6.45) is 7.40. The number of carbonyl (C=O) groups excluding carboxylic acids is 1. The number of nitrogens with one attached hydrogen (secondary N) is 1.